The highest BCUT2D eigenvalue weighted by Gasteiger charge is 2.30. The van der Waals surface area contributed by atoms with Crippen molar-refractivity contribution < 1.29 is 64.8 Å². The Balaban J connectivity index is 2.30. The van der Waals surface area contributed by atoms with Gasteiger partial charge in [0, 0.05) is 39.7 Å². The number of nitrogens with one attached hydrogen (secondary N) is 6. The van der Waals surface area contributed by atoms with E-state index < -0.39 is 80.5 Å². The predicted molar refractivity (Wildman–Crippen MR) is 252 cm³/mol. The van der Waals surface area contributed by atoms with E-state index in [1.165, 1.54) is 0 Å². The number of aliphatic hydroxyl groups is 8. The molecular formula is C31H38I6N6O13. The van der Waals surface area contributed by atoms with Gasteiger partial charge in [-0.25, -0.2) is 0 Å². The quantitative estimate of drug-likeness (QED) is 0.0551. The zero-order valence-corrected chi connectivity index (χ0v) is 41.7. The van der Waals surface area contributed by atoms with Gasteiger partial charge >= 0.3 is 0 Å². The van der Waals surface area contributed by atoms with Crippen molar-refractivity contribution in [3.8, 4) is 0 Å². The Hall–Kier alpha value is -0.350. The Bertz CT molecular complexity index is 1720. The molecule has 0 aliphatic heterocycles. The minimum atomic E-state index is -1.26. The standard InChI is InChI=1S/C31H38I6N6O13/c32-20-16(22(34)26(42-10-47)23(35)17(20)29(54)39-4-12(49)7-44)28(53)38-3-11(48)1-2-15(52)43-27-24(36)18(30(55)40-5-13(50)8-45)21(33)19(25(27)37)31(56)41-6-14(51)9-46/h11-14,42,44-51H,1-10H2,(H,38,53)(H,39,54)(H,40,55)(H,41,56)(H,43,52). The number of hydrogen-bond acceptors (Lipinski definition) is 14. The first-order valence-electron chi connectivity index (χ1n) is 16.1. The topological polar surface area (TPSA) is 319 Å². The van der Waals surface area contributed by atoms with Crippen LogP contribution in [0, 0.1) is 21.4 Å². The van der Waals surface area contributed by atoms with E-state index in [9.17, 15) is 49.5 Å². The number of amides is 5. The molecule has 0 spiro atoms. The molecule has 4 atom stereocenters. The number of rotatable bonds is 21. The van der Waals surface area contributed by atoms with Crippen LogP contribution >= 0.6 is 136 Å². The van der Waals surface area contributed by atoms with Crippen LogP contribution in [-0.4, -0.2) is 148 Å². The summed E-state index contributed by atoms with van der Waals surface area (Å²) in [6.45, 7) is -3.56. The smallest absolute Gasteiger partial charge is 0.253 e. The Morgan fingerprint density at radius 1 is 0.464 bits per heavy atom. The molecule has 25 heteroatoms. The number of anilines is 2. The first-order valence-corrected chi connectivity index (χ1v) is 22.6. The second kappa shape index (κ2) is 25.4. The fourth-order valence-corrected chi connectivity index (χ4v) is 13.4. The van der Waals surface area contributed by atoms with E-state index in [1.54, 1.807) is 22.6 Å². The molecule has 0 bridgehead atoms. The monoisotopic (exact) mass is 1460 g/mol. The van der Waals surface area contributed by atoms with Gasteiger partial charge in [0.15, 0.2) is 0 Å². The average molecular weight is 1460 g/mol. The molecule has 0 heterocycles. The van der Waals surface area contributed by atoms with Gasteiger partial charge in [-0.15, -0.1) is 0 Å². The lowest BCUT2D eigenvalue weighted by atomic mass is 10.1. The number of benzene rings is 2. The molecule has 2 aromatic carbocycles. The molecule has 14 N–H and O–H groups in total. The molecule has 0 saturated heterocycles. The van der Waals surface area contributed by atoms with Crippen LogP contribution in [0.5, 0.6) is 0 Å². The second-order valence-corrected chi connectivity index (χ2v) is 18.0. The van der Waals surface area contributed by atoms with E-state index in [0.29, 0.717) is 7.14 Å². The third-order valence-corrected chi connectivity index (χ3v) is 13.9. The molecule has 2 aromatic rings. The maximum absolute atomic E-state index is 13.5. The fourth-order valence-electron chi connectivity index (χ4n) is 4.46. The van der Waals surface area contributed by atoms with Crippen LogP contribution < -0.4 is 31.9 Å². The van der Waals surface area contributed by atoms with Gasteiger partial charge in [-0.3, -0.25) is 24.0 Å². The van der Waals surface area contributed by atoms with Crippen molar-refractivity contribution in [3.05, 3.63) is 43.7 Å². The van der Waals surface area contributed by atoms with Gasteiger partial charge in [0.05, 0.1) is 92.1 Å². The molecule has 19 nitrogen and oxygen atoms in total. The van der Waals surface area contributed by atoms with Gasteiger partial charge in [-0.05, 0) is 142 Å². The third-order valence-electron chi connectivity index (χ3n) is 7.39. The number of halogens is 6. The Morgan fingerprint density at radius 2 is 0.768 bits per heavy atom. The average Bonchev–Trinajstić information content (AvgIpc) is 3.16. The van der Waals surface area contributed by atoms with E-state index in [-0.39, 0.29) is 86.9 Å². The Kier molecular flexibility index (Phi) is 23.5. The summed E-state index contributed by atoms with van der Waals surface area (Å²) in [5.74, 6) is -3.40. The highest BCUT2D eigenvalue weighted by Crippen LogP contribution is 2.37. The molecule has 0 aromatic heterocycles. The summed E-state index contributed by atoms with van der Waals surface area (Å²) in [5.41, 5.74) is 0.449. The highest BCUT2D eigenvalue weighted by molar-refractivity contribution is 14.1. The Labute approximate surface area is 401 Å². The van der Waals surface area contributed by atoms with Crippen LogP contribution in [0.3, 0.4) is 0 Å². The first-order chi connectivity index (χ1) is 26.4. The first kappa shape index (κ1) is 51.8. The molecule has 2 rings (SSSR count). The van der Waals surface area contributed by atoms with Gasteiger partial charge in [0.25, 0.3) is 23.6 Å². The maximum Gasteiger partial charge on any atom is 0.253 e. The zero-order valence-electron chi connectivity index (χ0n) is 28.8. The lowest BCUT2D eigenvalue weighted by Crippen LogP contribution is -2.37. The van der Waals surface area contributed by atoms with Crippen molar-refractivity contribution in [2.45, 2.75) is 37.3 Å². The lowest BCUT2D eigenvalue weighted by molar-refractivity contribution is -0.116. The molecule has 312 valence electrons. The van der Waals surface area contributed by atoms with Crippen molar-refractivity contribution in [3.63, 3.8) is 0 Å². The molecule has 4 unspecified atom stereocenters. The molecule has 0 aliphatic carbocycles. The van der Waals surface area contributed by atoms with Crippen LogP contribution in [0.2, 0.25) is 0 Å². The van der Waals surface area contributed by atoms with Gasteiger partial charge in [-0.2, -0.15) is 0 Å². The summed E-state index contributed by atoms with van der Waals surface area (Å²) in [5, 5.41) is 92.4. The largest absolute Gasteiger partial charge is 0.394 e. The molecular weight excluding hydrogens is 1430 g/mol. The SMILES string of the molecule is O=C(CCC(O)CNC(=O)c1c(I)c(NCO)c(I)c(C(=O)NCC(O)CO)c1I)Nc1c(I)c(C(=O)NCC(O)CO)c(I)c(C(=O)NCC(O)CO)c1I. The minimum absolute atomic E-state index is 0.0248. The normalized spacial score (nSPS) is 13.2. The predicted octanol–water partition coefficient (Wildman–Crippen LogP) is -0.565. The molecule has 5 amide bonds. The second-order valence-electron chi connectivity index (χ2n) is 11.6. The molecule has 0 aliphatic rings. The Morgan fingerprint density at radius 3 is 1.07 bits per heavy atom. The van der Waals surface area contributed by atoms with E-state index in [2.05, 4.69) is 31.9 Å². The van der Waals surface area contributed by atoms with Crippen LogP contribution in [0.1, 0.15) is 54.3 Å². The zero-order chi connectivity index (χ0) is 42.4. The van der Waals surface area contributed by atoms with Crippen LogP contribution in [-0.2, 0) is 4.79 Å². The van der Waals surface area contributed by atoms with Crippen molar-refractivity contribution in [2.75, 3.05) is 63.4 Å². The van der Waals surface area contributed by atoms with Crippen molar-refractivity contribution in [2.24, 2.45) is 0 Å². The number of carbonyl (C=O) groups excluding carboxylic acids is 5. The summed E-state index contributed by atoms with van der Waals surface area (Å²) in [6.07, 6.45) is -5.41. The van der Waals surface area contributed by atoms with E-state index in [1.807, 2.05) is 113 Å². The van der Waals surface area contributed by atoms with Gasteiger partial charge in [0.1, 0.15) is 6.73 Å². The molecule has 56 heavy (non-hydrogen) atoms. The fraction of sp³-hybridized carbons (Fsp3) is 0.452. The maximum atomic E-state index is 13.5. The summed E-state index contributed by atoms with van der Waals surface area (Å²) >= 11 is 11.0. The minimum Gasteiger partial charge on any atom is -0.394 e. The van der Waals surface area contributed by atoms with Crippen molar-refractivity contribution in [1.82, 2.24) is 21.3 Å². The number of carbonyl (C=O) groups is 5. The van der Waals surface area contributed by atoms with Crippen LogP contribution in [0.25, 0.3) is 0 Å². The van der Waals surface area contributed by atoms with Gasteiger partial charge in [-0.1, -0.05) is 0 Å². The van der Waals surface area contributed by atoms with E-state index in [0.717, 1.165) is 0 Å². The number of aliphatic hydroxyl groups excluding tert-OH is 8. The van der Waals surface area contributed by atoms with Crippen LogP contribution in [0.4, 0.5) is 11.4 Å². The lowest BCUT2D eigenvalue weighted by Gasteiger charge is -2.21. The van der Waals surface area contributed by atoms with Crippen LogP contribution in [0.15, 0.2) is 0 Å². The molecule has 0 saturated carbocycles. The van der Waals surface area contributed by atoms with E-state index >= 15 is 0 Å². The van der Waals surface area contributed by atoms with Gasteiger partial charge in [0.2, 0.25) is 5.91 Å². The summed E-state index contributed by atoms with van der Waals surface area (Å²) < 4.78 is 1.62. The summed E-state index contributed by atoms with van der Waals surface area (Å²) in [4.78, 5) is 66.3. The van der Waals surface area contributed by atoms with Crippen molar-refractivity contribution in [1.29, 1.82) is 0 Å². The summed E-state index contributed by atoms with van der Waals surface area (Å²) in [6, 6.07) is 0. The molecule has 0 radical (unpaired) electrons. The molecule has 0 fully saturated rings. The summed E-state index contributed by atoms with van der Waals surface area (Å²) in [7, 11) is 0. The van der Waals surface area contributed by atoms with Crippen molar-refractivity contribution >= 4 is 176 Å². The van der Waals surface area contributed by atoms with Gasteiger partial charge < -0.3 is 72.8 Å². The highest BCUT2D eigenvalue weighted by atomic mass is 127. The number of hydrogen-bond donors (Lipinski definition) is 14. The van der Waals surface area contributed by atoms with E-state index in [4.69, 9.17) is 15.3 Å². The third kappa shape index (κ3) is 14.4.